The lowest BCUT2D eigenvalue weighted by molar-refractivity contribution is 0.669. The van der Waals surface area contributed by atoms with Gasteiger partial charge in [-0.1, -0.05) is 53.9 Å². The molecule has 0 bridgehead atoms. The summed E-state index contributed by atoms with van der Waals surface area (Å²) in [6, 6.07) is 10.3. The zero-order chi connectivity index (χ0) is 10.4. The largest absolute Gasteiger partial charge is 0.198 e. The number of hydrogen-bond acceptors (Lipinski definition) is 1. The van der Waals surface area contributed by atoms with Crippen LogP contribution >= 0.6 is 15.9 Å². The number of benzene rings is 1. The van der Waals surface area contributed by atoms with Gasteiger partial charge in [-0.2, -0.15) is 5.26 Å². The first-order chi connectivity index (χ1) is 6.79. The molecule has 1 aromatic rings. The van der Waals surface area contributed by atoms with Crippen LogP contribution in [0.1, 0.15) is 37.7 Å². The summed E-state index contributed by atoms with van der Waals surface area (Å²) in [7, 11) is 0. The Kier molecular flexibility index (Phi) is 4.69. The molecule has 0 saturated heterocycles. The van der Waals surface area contributed by atoms with E-state index in [9.17, 15) is 0 Å². The van der Waals surface area contributed by atoms with E-state index in [1.807, 2.05) is 24.3 Å². The van der Waals surface area contributed by atoms with Gasteiger partial charge in [0, 0.05) is 4.47 Å². The Labute approximate surface area is 93.9 Å². The van der Waals surface area contributed by atoms with Crippen LogP contribution in [0, 0.1) is 11.3 Å². The Hall–Kier alpha value is -0.810. The van der Waals surface area contributed by atoms with Crippen LogP contribution in [0.3, 0.4) is 0 Å². The van der Waals surface area contributed by atoms with Gasteiger partial charge in [-0.05, 0) is 18.1 Å². The lowest BCUT2D eigenvalue weighted by Crippen LogP contribution is -1.96. The van der Waals surface area contributed by atoms with Gasteiger partial charge in [0.05, 0.1) is 12.0 Å². The van der Waals surface area contributed by atoms with Crippen molar-refractivity contribution < 1.29 is 0 Å². The maximum Gasteiger partial charge on any atom is 0.0723 e. The second kappa shape index (κ2) is 5.82. The molecule has 0 aromatic heterocycles. The molecule has 2 heteroatoms. The van der Waals surface area contributed by atoms with Gasteiger partial charge in [-0.15, -0.1) is 0 Å². The van der Waals surface area contributed by atoms with Gasteiger partial charge in [-0.3, -0.25) is 0 Å². The van der Waals surface area contributed by atoms with Crippen molar-refractivity contribution in [3.05, 3.63) is 34.3 Å². The topological polar surface area (TPSA) is 23.8 Å². The van der Waals surface area contributed by atoms with Crippen molar-refractivity contribution in [3.63, 3.8) is 0 Å². The van der Waals surface area contributed by atoms with Crippen LogP contribution in [0.5, 0.6) is 0 Å². The monoisotopic (exact) mass is 251 g/mol. The zero-order valence-corrected chi connectivity index (χ0v) is 9.92. The quantitative estimate of drug-likeness (QED) is 0.785. The van der Waals surface area contributed by atoms with Crippen molar-refractivity contribution >= 4 is 15.9 Å². The fraction of sp³-hybridized carbons (Fsp3) is 0.417. The molecule has 1 aromatic carbocycles. The number of hydrogen-bond donors (Lipinski definition) is 0. The zero-order valence-electron chi connectivity index (χ0n) is 8.33. The Morgan fingerprint density at radius 2 is 2.14 bits per heavy atom. The van der Waals surface area contributed by atoms with Gasteiger partial charge in [0.1, 0.15) is 0 Å². The normalized spacial score (nSPS) is 12.1. The molecule has 14 heavy (non-hydrogen) atoms. The summed E-state index contributed by atoms with van der Waals surface area (Å²) in [5.74, 6) is 0.0329. The van der Waals surface area contributed by atoms with E-state index in [1.54, 1.807) is 0 Å². The van der Waals surface area contributed by atoms with Gasteiger partial charge >= 0.3 is 0 Å². The summed E-state index contributed by atoms with van der Waals surface area (Å²) in [4.78, 5) is 0. The molecule has 1 nitrogen and oxygen atoms in total. The number of halogens is 1. The third-order valence-corrected chi connectivity index (χ3v) is 3.00. The van der Waals surface area contributed by atoms with Crippen LogP contribution in [0.25, 0.3) is 0 Å². The van der Waals surface area contributed by atoms with Crippen molar-refractivity contribution in [2.45, 2.75) is 32.1 Å². The van der Waals surface area contributed by atoms with E-state index >= 15 is 0 Å². The molecule has 0 aliphatic carbocycles. The summed E-state index contributed by atoms with van der Waals surface area (Å²) in [6.07, 6.45) is 3.21. The number of nitrogens with zero attached hydrogens (tertiary/aromatic N) is 1. The molecular weight excluding hydrogens is 238 g/mol. The Morgan fingerprint density at radius 3 is 2.71 bits per heavy atom. The van der Waals surface area contributed by atoms with Gasteiger partial charge in [0.2, 0.25) is 0 Å². The highest BCUT2D eigenvalue weighted by Gasteiger charge is 2.12. The van der Waals surface area contributed by atoms with Gasteiger partial charge in [0.15, 0.2) is 0 Å². The predicted octanol–water partition coefficient (Wildman–Crippen LogP) is 4.25. The van der Waals surface area contributed by atoms with Gasteiger partial charge in [-0.25, -0.2) is 0 Å². The summed E-state index contributed by atoms with van der Waals surface area (Å²) < 4.78 is 1.04. The molecule has 0 fully saturated rings. The van der Waals surface area contributed by atoms with Crippen molar-refractivity contribution in [1.82, 2.24) is 0 Å². The van der Waals surface area contributed by atoms with E-state index in [0.717, 1.165) is 29.3 Å². The van der Waals surface area contributed by atoms with Crippen LogP contribution in [-0.4, -0.2) is 0 Å². The lowest BCUT2D eigenvalue weighted by atomic mass is 9.95. The summed E-state index contributed by atoms with van der Waals surface area (Å²) in [5.41, 5.74) is 1.11. The van der Waals surface area contributed by atoms with Crippen LogP contribution in [0.4, 0.5) is 0 Å². The molecule has 1 unspecified atom stereocenters. The van der Waals surface area contributed by atoms with Gasteiger partial charge in [0.25, 0.3) is 0 Å². The summed E-state index contributed by atoms with van der Waals surface area (Å²) in [5, 5.41) is 9.06. The predicted molar refractivity (Wildman–Crippen MR) is 62.0 cm³/mol. The molecule has 0 N–H and O–H groups in total. The highest BCUT2D eigenvalue weighted by molar-refractivity contribution is 9.10. The second-order valence-electron chi connectivity index (χ2n) is 3.35. The molecule has 0 aliphatic rings. The standard InChI is InChI=1S/C12H14BrN/c1-2-3-6-10(9-14)11-7-4-5-8-12(11)13/h4-5,7-8,10H,2-3,6H2,1H3. The minimum Gasteiger partial charge on any atom is -0.198 e. The van der Waals surface area contributed by atoms with Crippen molar-refractivity contribution in [1.29, 1.82) is 5.26 Å². The third-order valence-electron chi connectivity index (χ3n) is 2.28. The average Bonchev–Trinajstić information content (AvgIpc) is 2.21. The minimum absolute atomic E-state index is 0.0329. The highest BCUT2D eigenvalue weighted by Crippen LogP contribution is 2.27. The van der Waals surface area contributed by atoms with Crippen LogP contribution in [0.15, 0.2) is 28.7 Å². The van der Waals surface area contributed by atoms with Crippen LogP contribution in [0.2, 0.25) is 0 Å². The molecule has 1 rings (SSSR count). The Morgan fingerprint density at radius 1 is 1.43 bits per heavy atom. The van der Waals surface area contributed by atoms with E-state index in [2.05, 4.69) is 28.9 Å². The van der Waals surface area contributed by atoms with Gasteiger partial charge < -0.3 is 0 Å². The van der Waals surface area contributed by atoms with Crippen molar-refractivity contribution in [2.75, 3.05) is 0 Å². The van der Waals surface area contributed by atoms with E-state index < -0.39 is 0 Å². The molecule has 0 radical (unpaired) electrons. The maximum absolute atomic E-state index is 9.06. The van der Waals surface area contributed by atoms with Crippen LogP contribution in [-0.2, 0) is 0 Å². The first kappa shape index (κ1) is 11.3. The molecule has 1 atom stereocenters. The highest BCUT2D eigenvalue weighted by atomic mass is 79.9. The molecule has 0 spiro atoms. The van der Waals surface area contributed by atoms with Crippen LogP contribution < -0.4 is 0 Å². The minimum atomic E-state index is 0.0329. The third kappa shape index (κ3) is 2.85. The first-order valence-corrected chi connectivity index (χ1v) is 5.73. The smallest absolute Gasteiger partial charge is 0.0723 e. The van der Waals surface area contributed by atoms with E-state index in [4.69, 9.17) is 5.26 Å². The fourth-order valence-electron chi connectivity index (χ4n) is 1.46. The van der Waals surface area contributed by atoms with E-state index in [0.29, 0.717) is 0 Å². The first-order valence-electron chi connectivity index (χ1n) is 4.93. The molecule has 0 aliphatic heterocycles. The average molecular weight is 252 g/mol. The van der Waals surface area contributed by atoms with E-state index in [-0.39, 0.29) is 5.92 Å². The molecule has 0 heterocycles. The maximum atomic E-state index is 9.06. The Balaban J connectivity index is 2.80. The number of unbranched alkanes of at least 4 members (excludes halogenated alkanes) is 1. The number of nitriles is 1. The second-order valence-corrected chi connectivity index (χ2v) is 4.20. The van der Waals surface area contributed by atoms with E-state index in [1.165, 1.54) is 0 Å². The lowest BCUT2D eigenvalue weighted by Gasteiger charge is -2.10. The van der Waals surface area contributed by atoms with Crippen molar-refractivity contribution in [2.24, 2.45) is 0 Å². The SMILES string of the molecule is CCCCC(C#N)c1ccccc1Br. The van der Waals surface area contributed by atoms with Crippen molar-refractivity contribution in [3.8, 4) is 6.07 Å². The molecule has 0 amide bonds. The summed E-state index contributed by atoms with van der Waals surface area (Å²) >= 11 is 3.48. The molecule has 0 saturated carbocycles. The molecule has 74 valence electrons. The molecular formula is C12H14BrN. The number of rotatable bonds is 4. The summed E-state index contributed by atoms with van der Waals surface area (Å²) in [6.45, 7) is 2.15. The fourth-order valence-corrected chi connectivity index (χ4v) is 2.02. The Bertz CT molecular complexity index is 327.